The van der Waals surface area contributed by atoms with Gasteiger partial charge in [0.25, 0.3) is 11.5 Å². The van der Waals surface area contributed by atoms with Crippen molar-refractivity contribution < 1.29 is 14.3 Å². The highest BCUT2D eigenvalue weighted by molar-refractivity contribution is 5.93. The van der Waals surface area contributed by atoms with Crippen molar-refractivity contribution in [2.24, 2.45) is 0 Å². The Kier molecular flexibility index (Phi) is 5.68. The lowest BCUT2D eigenvalue weighted by molar-refractivity contribution is 0.0593. The molecule has 0 saturated carbocycles. The highest BCUT2D eigenvalue weighted by Gasteiger charge is 2.28. The zero-order valence-electron chi connectivity index (χ0n) is 15.6. The topological polar surface area (TPSA) is 97.6 Å². The normalized spacial score (nSPS) is 14.4. The van der Waals surface area contributed by atoms with Crippen LogP contribution in [0.2, 0.25) is 0 Å². The molecule has 0 spiro atoms. The average molecular weight is 373 g/mol. The molecule has 3 heterocycles. The van der Waals surface area contributed by atoms with Gasteiger partial charge in [-0.1, -0.05) is 13.3 Å². The van der Waals surface area contributed by atoms with Gasteiger partial charge >= 0.3 is 6.09 Å². The van der Waals surface area contributed by atoms with Gasteiger partial charge in [0, 0.05) is 38.9 Å². The van der Waals surface area contributed by atoms with E-state index in [0.29, 0.717) is 43.9 Å². The Balaban J connectivity index is 1.90. The maximum atomic E-state index is 12.9. The van der Waals surface area contributed by atoms with Crippen molar-refractivity contribution in [3.05, 3.63) is 34.4 Å². The number of ether oxygens (including phenoxy) is 1. The minimum Gasteiger partial charge on any atom is -0.453 e. The van der Waals surface area contributed by atoms with Gasteiger partial charge in [-0.25, -0.2) is 14.8 Å². The summed E-state index contributed by atoms with van der Waals surface area (Å²) in [5, 5.41) is 0. The Morgan fingerprint density at radius 3 is 2.56 bits per heavy atom. The second kappa shape index (κ2) is 8.15. The van der Waals surface area contributed by atoms with E-state index in [9.17, 15) is 14.4 Å². The lowest BCUT2D eigenvalue weighted by atomic mass is 10.2. The highest BCUT2D eigenvalue weighted by Crippen LogP contribution is 2.11. The van der Waals surface area contributed by atoms with E-state index in [1.807, 2.05) is 6.92 Å². The van der Waals surface area contributed by atoms with E-state index in [0.717, 1.165) is 12.8 Å². The minimum absolute atomic E-state index is 0.0990. The number of fused-ring (bicyclic) bond motifs is 1. The van der Waals surface area contributed by atoms with E-state index >= 15 is 0 Å². The SMILES string of the molecule is CCCCn1c(=O)c(C(=O)N2CCN(C(=O)OC)CC2)nc2cccnc21. The summed E-state index contributed by atoms with van der Waals surface area (Å²) in [5.41, 5.74) is 0.487. The van der Waals surface area contributed by atoms with Crippen LogP contribution < -0.4 is 5.56 Å². The second-order valence-electron chi connectivity index (χ2n) is 6.37. The lowest BCUT2D eigenvalue weighted by Gasteiger charge is -2.33. The van der Waals surface area contributed by atoms with Crippen molar-refractivity contribution in [3.8, 4) is 0 Å². The fraction of sp³-hybridized carbons (Fsp3) is 0.500. The molecule has 3 rings (SSSR count). The second-order valence-corrected chi connectivity index (χ2v) is 6.37. The molecular formula is C18H23N5O4. The van der Waals surface area contributed by atoms with Gasteiger partial charge in [-0.3, -0.25) is 14.2 Å². The molecule has 144 valence electrons. The predicted octanol–water partition coefficient (Wildman–Crippen LogP) is 1.12. The largest absolute Gasteiger partial charge is 0.453 e. The van der Waals surface area contributed by atoms with Crippen LogP contribution in [0.3, 0.4) is 0 Å². The maximum Gasteiger partial charge on any atom is 0.409 e. The monoisotopic (exact) mass is 373 g/mol. The number of aromatic nitrogens is 3. The Hall–Kier alpha value is -2.97. The smallest absolute Gasteiger partial charge is 0.409 e. The van der Waals surface area contributed by atoms with Gasteiger partial charge in [-0.2, -0.15) is 0 Å². The molecule has 2 amide bonds. The van der Waals surface area contributed by atoms with E-state index in [-0.39, 0.29) is 5.69 Å². The van der Waals surface area contributed by atoms with Crippen LogP contribution in [0, 0.1) is 0 Å². The van der Waals surface area contributed by atoms with Crippen LogP contribution in [0.25, 0.3) is 11.2 Å². The number of methoxy groups -OCH3 is 1. The van der Waals surface area contributed by atoms with Crippen molar-refractivity contribution in [2.75, 3.05) is 33.3 Å². The highest BCUT2D eigenvalue weighted by atomic mass is 16.5. The van der Waals surface area contributed by atoms with Crippen molar-refractivity contribution >= 4 is 23.2 Å². The summed E-state index contributed by atoms with van der Waals surface area (Å²) in [6, 6.07) is 3.48. The van der Waals surface area contributed by atoms with Crippen LogP contribution in [0.15, 0.2) is 23.1 Å². The van der Waals surface area contributed by atoms with E-state index in [1.54, 1.807) is 23.2 Å². The summed E-state index contributed by atoms with van der Waals surface area (Å²) in [5.74, 6) is -0.416. The van der Waals surface area contributed by atoms with Gasteiger partial charge in [0.1, 0.15) is 5.52 Å². The first-order valence-corrected chi connectivity index (χ1v) is 9.04. The van der Waals surface area contributed by atoms with Crippen LogP contribution >= 0.6 is 0 Å². The predicted molar refractivity (Wildman–Crippen MR) is 98.6 cm³/mol. The number of carbonyl (C=O) groups is 2. The van der Waals surface area contributed by atoms with Crippen LogP contribution in [0.5, 0.6) is 0 Å². The first kappa shape index (κ1) is 18.8. The maximum absolute atomic E-state index is 12.9. The Morgan fingerprint density at radius 2 is 1.89 bits per heavy atom. The van der Waals surface area contributed by atoms with E-state index < -0.39 is 17.6 Å². The third kappa shape index (κ3) is 3.76. The summed E-state index contributed by atoms with van der Waals surface area (Å²) in [7, 11) is 1.33. The molecule has 27 heavy (non-hydrogen) atoms. The van der Waals surface area contributed by atoms with Crippen molar-refractivity contribution in [3.63, 3.8) is 0 Å². The molecule has 2 aromatic heterocycles. The minimum atomic E-state index is -0.421. The summed E-state index contributed by atoms with van der Waals surface area (Å²) in [6.07, 6.45) is 2.92. The van der Waals surface area contributed by atoms with Crippen LogP contribution in [0.1, 0.15) is 30.3 Å². The molecule has 0 unspecified atom stereocenters. The average Bonchev–Trinajstić information content (AvgIpc) is 2.71. The van der Waals surface area contributed by atoms with E-state index in [4.69, 9.17) is 4.74 Å². The summed E-state index contributed by atoms with van der Waals surface area (Å²) < 4.78 is 6.23. The summed E-state index contributed by atoms with van der Waals surface area (Å²) in [4.78, 5) is 49.1. The van der Waals surface area contributed by atoms with E-state index in [2.05, 4.69) is 9.97 Å². The summed E-state index contributed by atoms with van der Waals surface area (Å²) >= 11 is 0. The number of piperazine rings is 1. The summed E-state index contributed by atoms with van der Waals surface area (Å²) in [6.45, 7) is 3.90. The molecule has 1 aliphatic rings. The molecule has 9 heteroatoms. The van der Waals surface area contributed by atoms with Crippen LogP contribution in [0.4, 0.5) is 4.79 Å². The zero-order chi connectivity index (χ0) is 19.4. The number of pyridine rings is 1. The Labute approximate surface area is 156 Å². The number of amides is 2. The number of aryl methyl sites for hydroxylation is 1. The molecule has 0 aromatic carbocycles. The number of carbonyl (C=O) groups excluding carboxylic acids is 2. The number of nitrogens with zero attached hydrogens (tertiary/aromatic N) is 5. The van der Waals surface area contributed by atoms with Crippen molar-refractivity contribution in [1.82, 2.24) is 24.3 Å². The lowest BCUT2D eigenvalue weighted by Crippen LogP contribution is -2.51. The third-order valence-electron chi connectivity index (χ3n) is 4.64. The zero-order valence-corrected chi connectivity index (χ0v) is 15.6. The molecule has 1 saturated heterocycles. The molecule has 0 bridgehead atoms. The Bertz CT molecular complexity index is 902. The molecule has 0 radical (unpaired) electrons. The molecule has 0 aliphatic carbocycles. The first-order valence-electron chi connectivity index (χ1n) is 9.04. The van der Waals surface area contributed by atoms with Gasteiger partial charge in [-0.15, -0.1) is 0 Å². The fourth-order valence-corrected chi connectivity index (χ4v) is 3.11. The first-order chi connectivity index (χ1) is 13.1. The van der Waals surface area contributed by atoms with Crippen molar-refractivity contribution in [1.29, 1.82) is 0 Å². The van der Waals surface area contributed by atoms with E-state index in [1.165, 1.54) is 16.6 Å². The van der Waals surface area contributed by atoms with Crippen LogP contribution in [-0.4, -0.2) is 69.6 Å². The van der Waals surface area contributed by atoms with Gasteiger partial charge in [0.05, 0.1) is 7.11 Å². The molecule has 1 aliphatic heterocycles. The number of hydrogen-bond acceptors (Lipinski definition) is 6. The third-order valence-corrected chi connectivity index (χ3v) is 4.64. The molecule has 0 N–H and O–H groups in total. The molecule has 1 fully saturated rings. The van der Waals surface area contributed by atoms with Gasteiger partial charge in [0.2, 0.25) is 0 Å². The Morgan fingerprint density at radius 1 is 1.19 bits per heavy atom. The number of unbranched alkanes of at least 4 members (excludes halogenated alkanes) is 1. The molecular weight excluding hydrogens is 350 g/mol. The van der Waals surface area contributed by atoms with Gasteiger partial charge < -0.3 is 14.5 Å². The standard InChI is InChI=1S/C18H23N5O4/c1-3-4-8-23-15-13(6-5-7-19-15)20-14(17(23)25)16(24)21-9-11-22(12-10-21)18(26)27-2/h5-7H,3-4,8-12H2,1-2H3. The number of rotatable bonds is 4. The fourth-order valence-electron chi connectivity index (χ4n) is 3.11. The van der Waals surface area contributed by atoms with Gasteiger partial charge in [-0.05, 0) is 18.6 Å². The molecule has 9 nitrogen and oxygen atoms in total. The number of hydrogen-bond donors (Lipinski definition) is 0. The van der Waals surface area contributed by atoms with Crippen molar-refractivity contribution in [2.45, 2.75) is 26.3 Å². The van der Waals surface area contributed by atoms with Crippen LogP contribution in [-0.2, 0) is 11.3 Å². The molecule has 0 atom stereocenters. The van der Waals surface area contributed by atoms with Gasteiger partial charge in [0.15, 0.2) is 11.3 Å². The molecule has 2 aromatic rings. The quantitative estimate of drug-likeness (QED) is 0.796.